The van der Waals surface area contributed by atoms with Crippen molar-refractivity contribution in [2.45, 2.75) is 38.5 Å². The van der Waals surface area contributed by atoms with E-state index >= 15 is 0 Å². The highest BCUT2D eigenvalue weighted by Gasteiger charge is 2.19. The summed E-state index contributed by atoms with van der Waals surface area (Å²) in [6, 6.07) is 26.8. The molecule has 6 heteroatoms. The standard InChI is InChI=1S/C31H36N2O4/c1-33(31-32-28-15-9-10-16-29(28)37-31)21-22-36-27-19-17-25(18-20-27)23-26(30(34)35-2)14-8-4-7-13-24-11-5-3-6-12-24/h3,5-6,9-12,15-20,26H,4,7-8,13-14,21-23H2,1-2H3. The van der Waals surface area contributed by atoms with Crippen LogP contribution in [0.5, 0.6) is 5.75 Å². The van der Waals surface area contributed by atoms with E-state index in [4.69, 9.17) is 13.9 Å². The first-order valence-electron chi connectivity index (χ1n) is 13.0. The minimum atomic E-state index is -0.134. The van der Waals surface area contributed by atoms with Gasteiger partial charge in [-0.05, 0) is 61.1 Å². The number of carbonyl (C=O) groups excluding carboxylic acids is 1. The van der Waals surface area contributed by atoms with Crippen LogP contribution in [0.3, 0.4) is 0 Å². The molecule has 1 atom stereocenters. The van der Waals surface area contributed by atoms with E-state index < -0.39 is 0 Å². The van der Waals surface area contributed by atoms with Crippen LogP contribution < -0.4 is 9.64 Å². The van der Waals surface area contributed by atoms with Gasteiger partial charge < -0.3 is 18.8 Å². The molecule has 1 unspecified atom stereocenters. The second-order valence-electron chi connectivity index (χ2n) is 9.39. The van der Waals surface area contributed by atoms with Gasteiger partial charge in [-0.2, -0.15) is 4.98 Å². The average Bonchev–Trinajstić information content (AvgIpc) is 3.38. The lowest BCUT2D eigenvalue weighted by atomic mass is 9.93. The van der Waals surface area contributed by atoms with Crippen LogP contribution >= 0.6 is 0 Å². The molecule has 1 heterocycles. The molecule has 0 aliphatic carbocycles. The molecule has 6 nitrogen and oxygen atoms in total. The fourth-order valence-corrected chi connectivity index (χ4v) is 4.44. The second kappa shape index (κ2) is 13.5. The van der Waals surface area contributed by atoms with Crippen LogP contribution in [0.2, 0.25) is 0 Å². The fraction of sp³-hybridized carbons (Fsp3) is 0.355. The average molecular weight is 501 g/mol. The topological polar surface area (TPSA) is 64.8 Å². The zero-order chi connectivity index (χ0) is 25.9. The van der Waals surface area contributed by atoms with Gasteiger partial charge in [-0.1, -0.05) is 67.4 Å². The first-order chi connectivity index (χ1) is 18.1. The van der Waals surface area contributed by atoms with Crippen molar-refractivity contribution in [1.82, 2.24) is 4.98 Å². The number of fused-ring (bicyclic) bond motifs is 1. The summed E-state index contributed by atoms with van der Waals surface area (Å²) in [6.07, 6.45) is 5.84. The molecule has 0 radical (unpaired) electrons. The van der Waals surface area contributed by atoms with Crippen LogP contribution in [0.4, 0.5) is 6.01 Å². The fourth-order valence-electron chi connectivity index (χ4n) is 4.44. The third kappa shape index (κ3) is 7.84. The van der Waals surface area contributed by atoms with Gasteiger partial charge in [0.05, 0.1) is 19.6 Å². The number of aromatic nitrogens is 1. The van der Waals surface area contributed by atoms with Gasteiger partial charge in [-0.15, -0.1) is 0 Å². The molecule has 0 spiro atoms. The molecular formula is C31H36N2O4. The number of hydrogen-bond acceptors (Lipinski definition) is 6. The lowest BCUT2D eigenvalue weighted by molar-refractivity contribution is -0.145. The summed E-state index contributed by atoms with van der Waals surface area (Å²) in [5, 5.41) is 0. The van der Waals surface area contributed by atoms with Crippen LogP contribution in [-0.2, 0) is 22.4 Å². The van der Waals surface area contributed by atoms with Gasteiger partial charge in [0.25, 0.3) is 6.01 Å². The zero-order valence-corrected chi connectivity index (χ0v) is 21.8. The Morgan fingerprint density at radius 3 is 2.43 bits per heavy atom. The van der Waals surface area contributed by atoms with Gasteiger partial charge in [0, 0.05) is 7.05 Å². The van der Waals surface area contributed by atoms with Crippen molar-refractivity contribution in [3.63, 3.8) is 0 Å². The van der Waals surface area contributed by atoms with Crippen molar-refractivity contribution in [3.05, 3.63) is 90.0 Å². The quantitative estimate of drug-likeness (QED) is 0.146. The van der Waals surface area contributed by atoms with Crippen LogP contribution in [0.15, 0.2) is 83.3 Å². The molecule has 0 N–H and O–H groups in total. The molecule has 194 valence electrons. The van der Waals surface area contributed by atoms with E-state index in [1.807, 2.05) is 66.5 Å². The molecule has 0 amide bonds. The van der Waals surface area contributed by atoms with E-state index in [9.17, 15) is 4.79 Å². The summed E-state index contributed by atoms with van der Waals surface area (Å²) < 4.78 is 16.8. The van der Waals surface area contributed by atoms with E-state index in [0.29, 0.717) is 25.6 Å². The number of rotatable bonds is 14. The van der Waals surface area contributed by atoms with Gasteiger partial charge in [0.15, 0.2) is 5.58 Å². The number of hydrogen-bond donors (Lipinski definition) is 0. The third-order valence-electron chi connectivity index (χ3n) is 6.61. The number of anilines is 1. The van der Waals surface area contributed by atoms with Crippen molar-refractivity contribution in [2.75, 3.05) is 32.2 Å². The Morgan fingerprint density at radius 2 is 1.68 bits per heavy atom. The number of ether oxygens (including phenoxy) is 2. The molecule has 0 saturated carbocycles. The first-order valence-corrected chi connectivity index (χ1v) is 13.0. The highest BCUT2D eigenvalue weighted by molar-refractivity contribution is 5.74. The van der Waals surface area contributed by atoms with E-state index in [-0.39, 0.29) is 11.9 Å². The monoisotopic (exact) mass is 500 g/mol. The first kappa shape index (κ1) is 26.3. The minimum Gasteiger partial charge on any atom is -0.492 e. The molecular weight excluding hydrogens is 464 g/mol. The van der Waals surface area contributed by atoms with Gasteiger partial charge >= 0.3 is 5.97 Å². The third-order valence-corrected chi connectivity index (χ3v) is 6.61. The smallest absolute Gasteiger partial charge is 0.308 e. The number of para-hydroxylation sites is 2. The molecule has 0 aliphatic heterocycles. The molecule has 0 bridgehead atoms. The van der Waals surface area contributed by atoms with Crippen molar-refractivity contribution in [2.24, 2.45) is 5.92 Å². The van der Waals surface area contributed by atoms with Crippen LogP contribution in [0, 0.1) is 5.92 Å². The molecule has 1 aromatic heterocycles. The summed E-state index contributed by atoms with van der Waals surface area (Å²) >= 11 is 0. The summed E-state index contributed by atoms with van der Waals surface area (Å²) in [7, 11) is 3.41. The summed E-state index contributed by atoms with van der Waals surface area (Å²) in [6.45, 7) is 1.14. The molecule has 3 aromatic carbocycles. The number of aryl methyl sites for hydroxylation is 1. The second-order valence-corrected chi connectivity index (χ2v) is 9.39. The molecule has 0 fully saturated rings. The lowest BCUT2D eigenvalue weighted by Gasteiger charge is -2.16. The summed E-state index contributed by atoms with van der Waals surface area (Å²) in [5.41, 5.74) is 4.10. The molecule has 4 aromatic rings. The highest BCUT2D eigenvalue weighted by Crippen LogP contribution is 2.22. The maximum absolute atomic E-state index is 12.4. The molecule has 0 saturated heterocycles. The van der Waals surface area contributed by atoms with Gasteiger partial charge in [0.1, 0.15) is 17.9 Å². The number of carbonyl (C=O) groups is 1. The van der Waals surface area contributed by atoms with Crippen LogP contribution in [-0.4, -0.2) is 38.3 Å². The Labute approximate surface area is 219 Å². The number of likely N-dealkylation sites (N-methyl/N-ethyl adjacent to an activating group) is 1. The Morgan fingerprint density at radius 1 is 0.919 bits per heavy atom. The number of unbranched alkanes of at least 4 members (excludes halogenated alkanes) is 2. The number of esters is 1. The minimum absolute atomic E-state index is 0.126. The van der Waals surface area contributed by atoms with Crippen molar-refractivity contribution in [1.29, 1.82) is 0 Å². The molecule has 4 rings (SSSR count). The Bertz CT molecular complexity index is 1200. The molecule has 37 heavy (non-hydrogen) atoms. The number of benzene rings is 3. The number of methoxy groups -OCH3 is 1. The zero-order valence-electron chi connectivity index (χ0n) is 21.8. The van der Waals surface area contributed by atoms with Crippen molar-refractivity contribution >= 4 is 23.1 Å². The van der Waals surface area contributed by atoms with E-state index in [0.717, 1.165) is 54.5 Å². The van der Waals surface area contributed by atoms with E-state index in [1.165, 1.54) is 12.7 Å². The normalized spacial score (nSPS) is 11.8. The maximum Gasteiger partial charge on any atom is 0.308 e. The lowest BCUT2D eigenvalue weighted by Crippen LogP contribution is -2.24. The maximum atomic E-state index is 12.4. The van der Waals surface area contributed by atoms with Gasteiger partial charge in [0.2, 0.25) is 0 Å². The van der Waals surface area contributed by atoms with Crippen LogP contribution in [0.1, 0.15) is 36.8 Å². The summed E-state index contributed by atoms with van der Waals surface area (Å²) in [5.74, 6) is 0.536. The number of nitrogens with zero attached hydrogens (tertiary/aromatic N) is 2. The summed E-state index contributed by atoms with van der Waals surface area (Å²) in [4.78, 5) is 18.8. The SMILES string of the molecule is COC(=O)C(CCCCCc1ccccc1)Cc1ccc(OCCN(C)c2nc3ccccc3o2)cc1. The Hall–Kier alpha value is -3.80. The van der Waals surface area contributed by atoms with Crippen molar-refractivity contribution in [3.8, 4) is 5.75 Å². The largest absolute Gasteiger partial charge is 0.492 e. The predicted octanol–water partition coefficient (Wildman–Crippen LogP) is 6.48. The predicted molar refractivity (Wildman–Crippen MR) is 147 cm³/mol. The highest BCUT2D eigenvalue weighted by atomic mass is 16.5. The Kier molecular flexibility index (Phi) is 9.58. The van der Waals surface area contributed by atoms with Crippen LogP contribution in [0.25, 0.3) is 11.1 Å². The Balaban J connectivity index is 1.20. The van der Waals surface area contributed by atoms with Crippen molar-refractivity contribution < 1.29 is 18.7 Å². The van der Waals surface area contributed by atoms with Gasteiger partial charge in [-0.3, -0.25) is 4.79 Å². The van der Waals surface area contributed by atoms with E-state index in [2.05, 4.69) is 29.2 Å². The number of oxazole rings is 1. The molecule has 0 aliphatic rings. The van der Waals surface area contributed by atoms with E-state index in [1.54, 1.807) is 0 Å². The van der Waals surface area contributed by atoms with Gasteiger partial charge in [-0.25, -0.2) is 0 Å².